The largest absolute Gasteiger partial charge is 0.381 e. The second-order valence-corrected chi connectivity index (χ2v) is 8.24. The van der Waals surface area contributed by atoms with Crippen molar-refractivity contribution in [3.63, 3.8) is 0 Å². The van der Waals surface area contributed by atoms with Crippen LogP contribution in [0, 0.1) is 0 Å². The van der Waals surface area contributed by atoms with Crippen molar-refractivity contribution in [2.75, 3.05) is 0 Å². The third-order valence-electron chi connectivity index (χ3n) is 5.56. The minimum absolute atomic E-state index is 0.0176. The molecule has 3 aromatic rings. The first kappa shape index (κ1) is 27.6. The van der Waals surface area contributed by atoms with Crippen LogP contribution in [-0.2, 0) is 19.4 Å². The number of nitrogens with zero attached hydrogens (tertiary/aromatic N) is 3. The highest BCUT2D eigenvalue weighted by atomic mass is 19.3. The van der Waals surface area contributed by atoms with Crippen molar-refractivity contribution in [1.82, 2.24) is 10.3 Å². The lowest BCUT2D eigenvalue weighted by atomic mass is 9.98. The van der Waals surface area contributed by atoms with E-state index < -0.39 is 6.43 Å². The first-order valence-electron chi connectivity index (χ1n) is 11.6. The number of nitrogens with one attached hydrogen (secondary N) is 1. The second kappa shape index (κ2) is 15.3. The van der Waals surface area contributed by atoms with E-state index in [1.54, 1.807) is 0 Å². The van der Waals surface area contributed by atoms with Crippen molar-refractivity contribution in [1.29, 1.82) is 0 Å². The zero-order chi connectivity index (χ0) is 25.5. The summed E-state index contributed by atoms with van der Waals surface area (Å²) in [5, 5.41) is 9.17. The molecule has 0 aliphatic carbocycles. The van der Waals surface area contributed by atoms with Gasteiger partial charge in [-0.2, -0.15) is 10.2 Å². The van der Waals surface area contributed by atoms with Crippen LogP contribution in [0.25, 0.3) is 5.70 Å². The first-order valence-corrected chi connectivity index (χ1v) is 11.6. The number of halogens is 2. The molecule has 6 heteroatoms. The molecule has 0 fully saturated rings. The molecule has 4 nitrogen and oxygen atoms in total. The van der Waals surface area contributed by atoms with E-state index in [2.05, 4.69) is 96.0 Å². The van der Waals surface area contributed by atoms with Gasteiger partial charge < -0.3 is 5.32 Å². The van der Waals surface area contributed by atoms with Crippen LogP contribution in [-0.4, -0.2) is 24.8 Å². The second-order valence-electron chi connectivity index (χ2n) is 8.24. The maximum Gasteiger partial charge on any atom is 0.238 e. The molecule has 0 amide bonds. The molecule has 1 aromatic heterocycles. The molecule has 2 heterocycles. The number of hydrogen-bond acceptors (Lipinski definition) is 4. The van der Waals surface area contributed by atoms with Gasteiger partial charge in [0.15, 0.2) is 0 Å². The van der Waals surface area contributed by atoms with Crippen molar-refractivity contribution in [2.45, 2.75) is 51.5 Å². The summed E-state index contributed by atoms with van der Waals surface area (Å²) in [6.45, 7) is 13.0. The summed E-state index contributed by atoms with van der Waals surface area (Å²) in [5.41, 5.74) is 6.96. The lowest BCUT2D eigenvalue weighted by Gasteiger charge is -2.10. The number of aryl methyl sites for hydroxylation is 1. The van der Waals surface area contributed by atoms with E-state index in [9.17, 15) is 8.78 Å². The molecule has 1 unspecified atom stereocenters. The number of fused-ring (bicyclic) bond motifs is 1. The van der Waals surface area contributed by atoms with Crippen LogP contribution in [0.5, 0.6) is 0 Å². The van der Waals surface area contributed by atoms with Gasteiger partial charge in [0.05, 0.1) is 0 Å². The number of pyridine rings is 1. The molecular weight excluding hydrogens is 442 g/mol. The van der Waals surface area contributed by atoms with Crippen molar-refractivity contribution < 1.29 is 8.78 Å². The van der Waals surface area contributed by atoms with Crippen LogP contribution in [0.4, 0.5) is 8.78 Å². The predicted molar refractivity (Wildman–Crippen MR) is 143 cm³/mol. The number of hydrogen-bond donors (Lipinski definition) is 1. The Labute approximate surface area is 207 Å². The molecule has 0 saturated heterocycles. The highest BCUT2D eigenvalue weighted by Gasteiger charge is 2.13. The van der Waals surface area contributed by atoms with Gasteiger partial charge in [0.25, 0.3) is 0 Å². The van der Waals surface area contributed by atoms with Gasteiger partial charge >= 0.3 is 0 Å². The van der Waals surface area contributed by atoms with Crippen LogP contribution in [0.2, 0.25) is 0 Å². The van der Waals surface area contributed by atoms with E-state index in [0.29, 0.717) is 18.8 Å². The topological polar surface area (TPSA) is 49.6 Å². The van der Waals surface area contributed by atoms with Gasteiger partial charge in [-0.05, 0) is 54.2 Å². The quantitative estimate of drug-likeness (QED) is 0.279. The van der Waals surface area contributed by atoms with E-state index in [1.165, 1.54) is 16.8 Å². The molecular formula is C29H34F2N4. The third kappa shape index (κ3) is 10.0. The summed E-state index contributed by atoms with van der Waals surface area (Å²) in [7, 11) is 0. The fourth-order valence-corrected chi connectivity index (χ4v) is 3.71. The maximum atomic E-state index is 12.0. The van der Waals surface area contributed by atoms with Gasteiger partial charge in [-0.3, -0.25) is 4.98 Å². The summed E-state index contributed by atoms with van der Waals surface area (Å²) in [5.74, 6) is 0.480. The molecule has 0 spiro atoms. The molecule has 1 N–H and O–H groups in total. The van der Waals surface area contributed by atoms with Crippen molar-refractivity contribution in [3.8, 4) is 0 Å². The van der Waals surface area contributed by atoms with Gasteiger partial charge in [0.2, 0.25) is 6.43 Å². The minimum atomic E-state index is -2.19. The normalized spacial score (nSPS) is 12.3. The van der Waals surface area contributed by atoms with Crippen LogP contribution in [0.15, 0.2) is 89.7 Å². The molecule has 0 saturated carbocycles. The van der Waals surface area contributed by atoms with Crippen LogP contribution in [0.3, 0.4) is 0 Å². The highest BCUT2D eigenvalue weighted by molar-refractivity contribution is 5.69. The smallest absolute Gasteiger partial charge is 0.238 e. The predicted octanol–water partition coefficient (Wildman–Crippen LogP) is 7.08. The maximum absolute atomic E-state index is 12.0. The van der Waals surface area contributed by atoms with Gasteiger partial charge in [0.1, 0.15) is 0 Å². The van der Waals surface area contributed by atoms with E-state index in [-0.39, 0.29) is 6.42 Å². The Balaban J connectivity index is 0.000000215. The molecule has 1 atom stereocenters. The van der Waals surface area contributed by atoms with Gasteiger partial charge in [0, 0.05) is 55.5 Å². The third-order valence-corrected chi connectivity index (χ3v) is 5.56. The Morgan fingerprint density at radius 2 is 1.69 bits per heavy atom. The van der Waals surface area contributed by atoms with Crippen LogP contribution >= 0.6 is 0 Å². The number of rotatable bonds is 8. The summed E-state index contributed by atoms with van der Waals surface area (Å²) in [4.78, 5) is 4.37. The molecule has 1 aliphatic heterocycles. The Hall–Kier alpha value is -3.67. The molecule has 2 aromatic carbocycles. The van der Waals surface area contributed by atoms with Crippen molar-refractivity contribution in [3.05, 3.63) is 107 Å². The number of aromatic nitrogens is 1. The molecule has 35 heavy (non-hydrogen) atoms. The fourth-order valence-electron chi connectivity index (χ4n) is 3.71. The zero-order valence-electron chi connectivity index (χ0n) is 20.3. The van der Waals surface area contributed by atoms with Crippen molar-refractivity contribution >= 4 is 19.1 Å². The van der Waals surface area contributed by atoms with Gasteiger partial charge in [-0.25, -0.2) is 8.78 Å². The Morgan fingerprint density at radius 1 is 0.971 bits per heavy atom. The van der Waals surface area contributed by atoms with Crippen molar-refractivity contribution in [2.24, 2.45) is 10.2 Å². The lowest BCUT2D eigenvalue weighted by Crippen LogP contribution is -2.00. The molecule has 0 radical (unpaired) electrons. The zero-order valence-corrected chi connectivity index (χ0v) is 20.3. The Kier molecular flexibility index (Phi) is 12.0. The minimum Gasteiger partial charge on any atom is -0.381 e. The van der Waals surface area contributed by atoms with E-state index >= 15 is 0 Å². The summed E-state index contributed by atoms with van der Waals surface area (Å²) in [6, 6.07) is 22.8. The summed E-state index contributed by atoms with van der Waals surface area (Å²) < 4.78 is 24.0. The monoisotopic (exact) mass is 476 g/mol. The SMILES string of the molecule is C=C1NCc2ccc(CCCC(F)F)cc21.C=NN=C.CC(Cc1ccccc1)c1ccccn1. The summed E-state index contributed by atoms with van der Waals surface area (Å²) >= 11 is 0. The number of alkyl halides is 2. The van der Waals surface area contributed by atoms with Crippen LogP contribution in [0.1, 0.15) is 53.6 Å². The molecule has 1 aliphatic rings. The van der Waals surface area contributed by atoms with Gasteiger partial charge in [-0.1, -0.05) is 62.0 Å². The fraction of sp³-hybridized carbons (Fsp3) is 0.276. The standard InChI is InChI=1S/C14H15N.C13H15F2N.C2H4N2/c1-12(14-9-5-6-10-15-14)11-13-7-3-2-4-8-13;1-9-12-7-10(3-2-4-13(14)15)5-6-11(12)8-16-9;1-3-4-2/h2-10,12H,11H2,1H3;5-7,13,16H,1-4,8H2;1-2H2. The first-order chi connectivity index (χ1) is 16.9. The average molecular weight is 477 g/mol. The average Bonchev–Trinajstić information content (AvgIpc) is 3.25. The number of benzene rings is 2. The van der Waals surface area contributed by atoms with E-state index in [1.807, 2.05) is 24.4 Å². The van der Waals surface area contributed by atoms with E-state index in [0.717, 1.165) is 29.8 Å². The van der Waals surface area contributed by atoms with Gasteiger partial charge in [-0.15, -0.1) is 0 Å². The van der Waals surface area contributed by atoms with Crippen LogP contribution < -0.4 is 5.32 Å². The molecule has 0 bridgehead atoms. The highest BCUT2D eigenvalue weighted by Crippen LogP contribution is 2.25. The lowest BCUT2D eigenvalue weighted by molar-refractivity contribution is 0.135. The van der Waals surface area contributed by atoms with E-state index in [4.69, 9.17) is 0 Å². The molecule has 4 rings (SSSR count). The Morgan fingerprint density at radius 3 is 2.31 bits per heavy atom. The summed E-state index contributed by atoms with van der Waals surface area (Å²) in [6.07, 6.45) is 1.96. The molecule has 184 valence electrons. The Bertz CT molecular complexity index is 1050.